The van der Waals surface area contributed by atoms with Crippen molar-refractivity contribution in [2.45, 2.75) is 32.8 Å². The van der Waals surface area contributed by atoms with E-state index < -0.39 is 0 Å². The number of rotatable bonds is 7. The lowest BCUT2D eigenvalue weighted by molar-refractivity contribution is 0.195. The largest absolute Gasteiger partial charge is 0.489 e. The average Bonchev–Trinajstić information content (AvgIpc) is 3.26. The highest BCUT2D eigenvalue weighted by Crippen LogP contribution is 2.44. The molecule has 1 fully saturated rings. The topological polar surface area (TPSA) is 70.6 Å². The standard InChI is InChI=1S/C16H24N2O3/c1-12-5-3-4-6-14(12)21-13(2)9-17-15(20)18-10-16(11-19)7-8-16/h3-6,13,19H,7-11H2,1-2H3,(H2,17,18,20). The van der Waals surface area contributed by atoms with Crippen molar-refractivity contribution in [2.75, 3.05) is 19.7 Å². The van der Waals surface area contributed by atoms with Gasteiger partial charge in [-0.1, -0.05) is 18.2 Å². The normalized spacial score (nSPS) is 16.9. The average molecular weight is 292 g/mol. The van der Waals surface area contributed by atoms with Gasteiger partial charge in [-0.3, -0.25) is 0 Å². The van der Waals surface area contributed by atoms with Crippen molar-refractivity contribution in [2.24, 2.45) is 5.41 Å². The van der Waals surface area contributed by atoms with E-state index in [9.17, 15) is 9.90 Å². The van der Waals surface area contributed by atoms with Crippen LogP contribution in [-0.2, 0) is 0 Å². The third-order valence-corrected chi connectivity index (χ3v) is 3.89. The number of aliphatic hydroxyl groups is 1. The van der Waals surface area contributed by atoms with Crippen LogP contribution in [0.2, 0.25) is 0 Å². The highest BCUT2D eigenvalue weighted by atomic mass is 16.5. The van der Waals surface area contributed by atoms with Gasteiger partial charge < -0.3 is 20.5 Å². The quantitative estimate of drug-likeness (QED) is 0.718. The Morgan fingerprint density at radius 2 is 2.10 bits per heavy atom. The molecule has 21 heavy (non-hydrogen) atoms. The lowest BCUT2D eigenvalue weighted by Crippen LogP contribution is -2.43. The van der Waals surface area contributed by atoms with Crippen LogP contribution < -0.4 is 15.4 Å². The Morgan fingerprint density at radius 3 is 2.71 bits per heavy atom. The number of aryl methyl sites for hydroxylation is 1. The molecule has 5 nitrogen and oxygen atoms in total. The summed E-state index contributed by atoms with van der Waals surface area (Å²) in [5.41, 5.74) is 1.01. The fraction of sp³-hybridized carbons (Fsp3) is 0.562. The summed E-state index contributed by atoms with van der Waals surface area (Å²) >= 11 is 0. The predicted octanol–water partition coefficient (Wildman–Crippen LogP) is 1.83. The maximum Gasteiger partial charge on any atom is 0.314 e. The van der Waals surface area contributed by atoms with Crippen LogP contribution in [0, 0.1) is 12.3 Å². The van der Waals surface area contributed by atoms with E-state index in [2.05, 4.69) is 10.6 Å². The highest BCUT2D eigenvalue weighted by molar-refractivity contribution is 5.73. The molecule has 0 aliphatic heterocycles. The van der Waals surface area contributed by atoms with Gasteiger partial charge in [0, 0.05) is 12.0 Å². The number of nitrogens with one attached hydrogen (secondary N) is 2. The summed E-state index contributed by atoms with van der Waals surface area (Å²) in [7, 11) is 0. The third-order valence-electron chi connectivity index (χ3n) is 3.89. The van der Waals surface area contributed by atoms with Gasteiger partial charge in [0.1, 0.15) is 11.9 Å². The van der Waals surface area contributed by atoms with Crippen molar-refractivity contribution >= 4 is 6.03 Å². The van der Waals surface area contributed by atoms with Crippen LogP contribution in [0.5, 0.6) is 5.75 Å². The molecule has 2 rings (SSSR count). The minimum absolute atomic E-state index is 0.0688. The Hall–Kier alpha value is -1.75. The van der Waals surface area contributed by atoms with Gasteiger partial charge in [0.25, 0.3) is 0 Å². The number of hydrogen-bond acceptors (Lipinski definition) is 3. The van der Waals surface area contributed by atoms with Gasteiger partial charge in [0.05, 0.1) is 13.2 Å². The zero-order valence-electron chi connectivity index (χ0n) is 12.7. The monoisotopic (exact) mass is 292 g/mol. The fourth-order valence-electron chi connectivity index (χ4n) is 2.08. The molecule has 1 aliphatic rings. The number of carbonyl (C=O) groups excluding carboxylic acids is 1. The molecule has 0 heterocycles. The lowest BCUT2D eigenvalue weighted by Gasteiger charge is -2.18. The van der Waals surface area contributed by atoms with E-state index in [1.54, 1.807) is 0 Å². The van der Waals surface area contributed by atoms with E-state index >= 15 is 0 Å². The van der Waals surface area contributed by atoms with Crippen LogP contribution >= 0.6 is 0 Å². The van der Waals surface area contributed by atoms with Crippen molar-refractivity contribution in [3.63, 3.8) is 0 Å². The number of hydrogen-bond donors (Lipinski definition) is 3. The van der Waals surface area contributed by atoms with E-state index in [-0.39, 0.29) is 24.2 Å². The number of carbonyl (C=O) groups is 1. The second kappa shape index (κ2) is 6.80. The van der Waals surface area contributed by atoms with E-state index in [4.69, 9.17) is 4.74 Å². The van der Waals surface area contributed by atoms with E-state index in [1.807, 2.05) is 38.1 Å². The first kappa shape index (κ1) is 15.6. The van der Waals surface area contributed by atoms with Crippen LogP contribution in [0.15, 0.2) is 24.3 Å². The second-order valence-corrected chi connectivity index (χ2v) is 5.92. The molecule has 1 aromatic rings. The molecule has 2 amide bonds. The number of benzene rings is 1. The van der Waals surface area contributed by atoms with Crippen molar-refractivity contribution in [1.29, 1.82) is 0 Å². The summed E-state index contributed by atoms with van der Waals surface area (Å²) in [6.07, 6.45) is 1.86. The summed E-state index contributed by atoms with van der Waals surface area (Å²) in [6, 6.07) is 7.60. The molecule has 1 saturated carbocycles. The fourth-order valence-corrected chi connectivity index (χ4v) is 2.08. The molecule has 116 valence electrons. The molecule has 0 saturated heterocycles. The molecule has 0 bridgehead atoms. The minimum atomic E-state index is -0.213. The van der Waals surface area contributed by atoms with Crippen LogP contribution in [0.3, 0.4) is 0 Å². The van der Waals surface area contributed by atoms with Gasteiger partial charge in [0.15, 0.2) is 0 Å². The van der Waals surface area contributed by atoms with Gasteiger partial charge in [-0.25, -0.2) is 4.79 Å². The second-order valence-electron chi connectivity index (χ2n) is 5.92. The zero-order chi connectivity index (χ0) is 15.3. The number of para-hydroxylation sites is 1. The first-order chi connectivity index (χ1) is 10.0. The van der Waals surface area contributed by atoms with Gasteiger partial charge >= 0.3 is 6.03 Å². The summed E-state index contributed by atoms with van der Waals surface area (Å²) in [5, 5.41) is 14.8. The lowest BCUT2D eigenvalue weighted by atomic mass is 10.1. The van der Waals surface area contributed by atoms with Crippen LogP contribution in [-0.4, -0.2) is 36.9 Å². The number of amides is 2. The summed E-state index contributed by atoms with van der Waals surface area (Å²) in [6.45, 7) is 5.02. The molecule has 1 aliphatic carbocycles. The Morgan fingerprint density at radius 1 is 1.38 bits per heavy atom. The molecule has 5 heteroatoms. The molecular formula is C16H24N2O3. The number of aliphatic hydroxyl groups excluding tert-OH is 1. The summed E-state index contributed by atoms with van der Waals surface area (Å²) in [4.78, 5) is 11.7. The molecule has 0 aromatic heterocycles. The molecule has 1 unspecified atom stereocenters. The van der Waals surface area contributed by atoms with Crippen LogP contribution in [0.1, 0.15) is 25.3 Å². The van der Waals surface area contributed by atoms with Crippen LogP contribution in [0.25, 0.3) is 0 Å². The van der Waals surface area contributed by atoms with Gasteiger partial charge in [0.2, 0.25) is 0 Å². The summed E-state index contributed by atoms with van der Waals surface area (Å²) < 4.78 is 5.79. The SMILES string of the molecule is Cc1ccccc1OC(C)CNC(=O)NCC1(CO)CC1. The van der Waals surface area contributed by atoms with Crippen molar-refractivity contribution < 1.29 is 14.6 Å². The number of ether oxygens (including phenoxy) is 1. The molecule has 1 aromatic carbocycles. The Labute approximate surface area is 125 Å². The first-order valence-electron chi connectivity index (χ1n) is 7.39. The van der Waals surface area contributed by atoms with E-state index in [0.29, 0.717) is 13.1 Å². The van der Waals surface area contributed by atoms with Gasteiger partial charge in [-0.15, -0.1) is 0 Å². The van der Waals surface area contributed by atoms with E-state index in [0.717, 1.165) is 24.2 Å². The molecular weight excluding hydrogens is 268 g/mol. The van der Waals surface area contributed by atoms with Crippen LogP contribution in [0.4, 0.5) is 4.79 Å². The smallest absolute Gasteiger partial charge is 0.314 e. The Bertz CT molecular complexity index is 486. The van der Waals surface area contributed by atoms with Gasteiger partial charge in [-0.05, 0) is 38.3 Å². The minimum Gasteiger partial charge on any atom is -0.489 e. The highest BCUT2D eigenvalue weighted by Gasteiger charge is 2.42. The predicted molar refractivity (Wildman–Crippen MR) is 81.4 cm³/mol. The third kappa shape index (κ3) is 4.63. The molecule has 1 atom stereocenters. The zero-order valence-corrected chi connectivity index (χ0v) is 12.7. The molecule has 3 N–H and O–H groups in total. The van der Waals surface area contributed by atoms with E-state index in [1.165, 1.54) is 0 Å². The van der Waals surface area contributed by atoms with Gasteiger partial charge in [-0.2, -0.15) is 0 Å². The van der Waals surface area contributed by atoms with Crippen molar-refractivity contribution in [3.05, 3.63) is 29.8 Å². The van der Waals surface area contributed by atoms with Crippen molar-refractivity contribution in [3.8, 4) is 5.75 Å². The van der Waals surface area contributed by atoms with Crippen molar-refractivity contribution in [1.82, 2.24) is 10.6 Å². The number of urea groups is 1. The Balaban J connectivity index is 1.67. The summed E-state index contributed by atoms with van der Waals surface area (Å²) in [5.74, 6) is 0.837. The maximum absolute atomic E-state index is 11.7. The maximum atomic E-state index is 11.7. The first-order valence-corrected chi connectivity index (χ1v) is 7.39. The molecule has 0 spiro atoms. The molecule has 0 radical (unpaired) electrons. The Kier molecular flexibility index (Phi) is 5.07.